The van der Waals surface area contributed by atoms with E-state index in [1.54, 1.807) is 12.1 Å². The highest BCUT2D eigenvalue weighted by Gasteiger charge is 2.18. The Morgan fingerprint density at radius 3 is 2.37 bits per heavy atom. The van der Waals surface area contributed by atoms with Gasteiger partial charge in [0.15, 0.2) is 11.6 Å². The number of sulfonamides is 1. The highest BCUT2D eigenvalue weighted by molar-refractivity contribution is 7.92. The summed E-state index contributed by atoms with van der Waals surface area (Å²) in [6, 6.07) is 15.6. The van der Waals surface area contributed by atoms with Crippen molar-refractivity contribution in [1.82, 2.24) is 4.57 Å². The molecule has 3 aromatic carbocycles. The number of benzene rings is 3. The monoisotopic (exact) mass is 386 g/mol. The highest BCUT2D eigenvalue weighted by Crippen LogP contribution is 2.31. The number of hydrogen-bond acceptors (Lipinski definition) is 2. The summed E-state index contributed by atoms with van der Waals surface area (Å²) in [5, 5.41) is 1.93. The summed E-state index contributed by atoms with van der Waals surface area (Å²) in [5.41, 5.74) is 2.41. The minimum absolute atomic E-state index is 0.336. The summed E-state index contributed by atoms with van der Waals surface area (Å²) >= 11 is 0. The van der Waals surface area contributed by atoms with Crippen LogP contribution in [0.2, 0.25) is 0 Å². The van der Waals surface area contributed by atoms with Gasteiger partial charge in [0.2, 0.25) is 0 Å². The topological polar surface area (TPSA) is 51.1 Å². The van der Waals surface area contributed by atoms with Gasteiger partial charge < -0.3 is 4.57 Å². The molecule has 0 aliphatic rings. The Bertz CT molecular complexity index is 1280. The molecule has 1 aromatic heterocycles. The van der Waals surface area contributed by atoms with Crippen molar-refractivity contribution in [2.24, 2.45) is 0 Å². The molecule has 0 radical (unpaired) electrons. The third-order valence-electron chi connectivity index (χ3n) is 4.54. The van der Waals surface area contributed by atoms with Crippen LogP contribution in [-0.2, 0) is 16.6 Å². The van der Waals surface area contributed by atoms with Gasteiger partial charge in [-0.2, -0.15) is 0 Å². The van der Waals surface area contributed by atoms with Crippen LogP contribution in [0.25, 0.3) is 21.8 Å². The van der Waals surface area contributed by atoms with Crippen LogP contribution in [0, 0.1) is 11.6 Å². The van der Waals surface area contributed by atoms with E-state index in [2.05, 4.69) is 9.29 Å². The van der Waals surface area contributed by atoms with Crippen LogP contribution in [0.4, 0.5) is 14.5 Å². The van der Waals surface area contributed by atoms with Crippen LogP contribution in [0.15, 0.2) is 65.6 Å². The first-order chi connectivity index (χ1) is 12.9. The fourth-order valence-corrected chi connectivity index (χ4v) is 4.38. The average Bonchev–Trinajstić information content (AvgIpc) is 2.96. The standard InChI is InChI=1S/C20H16F2N2O2S/c1-2-24-19-6-4-3-5-15(19)16-11-13(7-10-20(16)24)23-27(25,26)14-8-9-17(21)18(22)12-14/h3-12,23H,2H2,1H3. The minimum Gasteiger partial charge on any atom is -0.341 e. The molecule has 0 aliphatic heterocycles. The van der Waals surface area contributed by atoms with Crippen molar-refractivity contribution in [2.45, 2.75) is 18.4 Å². The number of nitrogens with one attached hydrogen (secondary N) is 1. The van der Waals surface area contributed by atoms with Crippen molar-refractivity contribution in [1.29, 1.82) is 0 Å². The lowest BCUT2D eigenvalue weighted by Crippen LogP contribution is -2.13. The van der Waals surface area contributed by atoms with E-state index in [4.69, 9.17) is 0 Å². The van der Waals surface area contributed by atoms with E-state index >= 15 is 0 Å². The molecule has 4 rings (SSSR count). The number of anilines is 1. The lowest BCUT2D eigenvalue weighted by Gasteiger charge is -2.09. The molecule has 4 nitrogen and oxygen atoms in total. The third-order valence-corrected chi connectivity index (χ3v) is 5.92. The molecule has 1 N–H and O–H groups in total. The van der Waals surface area contributed by atoms with Gasteiger partial charge in [0.05, 0.1) is 4.90 Å². The van der Waals surface area contributed by atoms with Gasteiger partial charge in [0, 0.05) is 34.0 Å². The van der Waals surface area contributed by atoms with Crippen LogP contribution in [0.1, 0.15) is 6.92 Å². The first-order valence-electron chi connectivity index (χ1n) is 8.39. The number of nitrogens with zero attached hydrogens (tertiary/aromatic N) is 1. The van der Waals surface area contributed by atoms with E-state index in [0.29, 0.717) is 11.8 Å². The predicted molar refractivity (Wildman–Crippen MR) is 102 cm³/mol. The van der Waals surface area contributed by atoms with Gasteiger partial charge in [-0.05, 0) is 49.4 Å². The van der Waals surface area contributed by atoms with Crippen LogP contribution in [-0.4, -0.2) is 13.0 Å². The van der Waals surface area contributed by atoms with Crippen LogP contribution >= 0.6 is 0 Å². The number of fused-ring (bicyclic) bond motifs is 3. The zero-order chi connectivity index (χ0) is 19.2. The Morgan fingerprint density at radius 1 is 0.889 bits per heavy atom. The molecule has 0 spiro atoms. The Hall–Kier alpha value is -2.93. The highest BCUT2D eigenvalue weighted by atomic mass is 32.2. The molecule has 1 heterocycles. The lowest BCUT2D eigenvalue weighted by molar-refractivity contribution is 0.504. The summed E-state index contributed by atoms with van der Waals surface area (Å²) in [7, 11) is -4.04. The molecule has 7 heteroatoms. The molecule has 27 heavy (non-hydrogen) atoms. The second-order valence-corrected chi connectivity index (χ2v) is 7.86. The predicted octanol–water partition coefficient (Wildman–Crippen LogP) is 4.89. The van der Waals surface area contributed by atoms with Crippen LogP contribution < -0.4 is 4.72 Å². The van der Waals surface area contributed by atoms with Crippen molar-refractivity contribution in [3.63, 3.8) is 0 Å². The summed E-state index contributed by atoms with van der Waals surface area (Å²) in [6.07, 6.45) is 0. The minimum atomic E-state index is -4.04. The maximum atomic E-state index is 13.4. The van der Waals surface area contributed by atoms with Crippen molar-refractivity contribution >= 4 is 37.5 Å². The van der Waals surface area contributed by atoms with Gasteiger partial charge >= 0.3 is 0 Å². The second-order valence-electron chi connectivity index (χ2n) is 6.17. The van der Waals surface area contributed by atoms with Crippen molar-refractivity contribution in [3.8, 4) is 0 Å². The van der Waals surface area contributed by atoms with Gasteiger partial charge in [0.25, 0.3) is 10.0 Å². The molecule has 4 aromatic rings. The van der Waals surface area contributed by atoms with E-state index in [1.807, 2.05) is 37.3 Å². The maximum absolute atomic E-state index is 13.4. The number of para-hydroxylation sites is 1. The molecule has 0 atom stereocenters. The number of halogens is 2. The van der Waals surface area contributed by atoms with E-state index in [-0.39, 0.29) is 4.90 Å². The van der Waals surface area contributed by atoms with Gasteiger partial charge in [-0.25, -0.2) is 17.2 Å². The van der Waals surface area contributed by atoms with Gasteiger partial charge in [0.1, 0.15) is 0 Å². The Labute approximate surface area is 155 Å². The second kappa shape index (κ2) is 6.35. The van der Waals surface area contributed by atoms with Gasteiger partial charge in [-0.3, -0.25) is 4.72 Å². The Kier molecular flexibility index (Phi) is 4.11. The van der Waals surface area contributed by atoms with Crippen molar-refractivity contribution < 1.29 is 17.2 Å². The van der Waals surface area contributed by atoms with Gasteiger partial charge in [-0.1, -0.05) is 18.2 Å². The first kappa shape index (κ1) is 17.5. The van der Waals surface area contributed by atoms with E-state index in [0.717, 1.165) is 40.5 Å². The summed E-state index contributed by atoms with van der Waals surface area (Å²) < 4.78 is 56.1. The van der Waals surface area contributed by atoms with E-state index in [1.165, 1.54) is 0 Å². The molecular weight excluding hydrogens is 370 g/mol. The van der Waals surface area contributed by atoms with Gasteiger partial charge in [-0.15, -0.1) is 0 Å². The number of aromatic nitrogens is 1. The molecule has 0 saturated heterocycles. The zero-order valence-corrected chi connectivity index (χ0v) is 15.2. The molecule has 0 amide bonds. The van der Waals surface area contributed by atoms with Crippen molar-refractivity contribution in [2.75, 3.05) is 4.72 Å². The molecule has 0 fully saturated rings. The summed E-state index contributed by atoms with van der Waals surface area (Å²) in [6.45, 7) is 2.83. The largest absolute Gasteiger partial charge is 0.341 e. The fourth-order valence-electron chi connectivity index (χ4n) is 3.32. The van der Waals surface area contributed by atoms with Crippen LogP contribution in [0.5, 0.6) is 0 Å². The molecule has 138 valence electrons. The number of hydrogen-bond donors (Lipinski definition) is 1. The van der Waals surface area contributed by atoms with Crippen LogP contribution in [0.3, 0.4) is 0 Å². The van der Waals surface area contributed by atoms with Crippen molar-refractivity contribution in [3.05, 3.63) is 72.3 Å². The molecule has 0 aliphatic carbocycles. The molecule has 0 unspecified atom stereocenters. The first-order valence-corrected chi connectivity index (χ1v) is 9.88. The molecule has 0 bridgehead atoms. The molecular formula is C20H16F2N2O2S. The normalized spacial score (nSPS) is 12.0. The fraction of sp³-hybridized carbons (Fsp3) is 0.100. The Morgan fingerprint density at radius 2 is 1.63 bits per heavy atom. The maximum Gasteiger partial charge on any atom is 0.261 e. The SMILES string of the molecule is CCn1c2ccccc2c2cc(NS(=O)(=O)c3ccc(F)c(F)c3)ccc21. The van der Waals surface area contributed by atoms with E-state index < -0.39 is 21.7 Å². The molecule has 0 saturated carbocycles. The number of aryl methyl sites for hydroxylation is 1. The Balaban J connectivity index is 1.80. The number of rotatable bonds is 4. The lowest BCUT2D eigenvalue weighted by atomic mass is 10.1. The van der Waals surface area contributed by atoms with E-state index in [9.17, 15) is 17.2 Å². The third kappa shape index (κ3) is 2.94. The zero-order valence-electron chi connectivity index (χ0n) is 14.4. The summed E-state index contributed by atoms with van der Waals surface area (Å²) in [4.78, 5) is -0.336. The quantitative estimate of drug-likeness (QED) is 0.543. The smallest absolute Gasteiger partial charge is 0.261 e. The summed E-state index contributed by atoms with van der Waals surface area (Å²) in [5.74, 6) is -2.30. The average molecular weight is 386 g/mol.